The smallest absolute Gasteiger partial charge is 0.287 e. The molecular formula is C28H34N6O4Si. The van der Waals surface area contributed by atoms with E-state index in [1.54, 1.807) is 16.4 Å². The van der Waals surface area contributed by atoms with E-state index in [9.17, 15) is 14.4 Å². The number of aryl methyl sites for hydroxylation is 1. The zero-order chi connectivity index (χ0) is 28.2. The number of nitrogens with zero attached hydrogens (tertiary/aromatic N) is 4. The maximum atomic E-state index is 13.5. The van der Waals surface area contributed by atoms with Gasteiger partial charge in [-0.15, -0.1) is 0 Å². The molecule has 0 bridgehead atoms. The van der Waals surface area contributed by atoms with E-state index in [-0.39, 0.29) is 18.7 Å². The molecule has 0 fully saturated rings. The highest BCUT2D eigenvalue weighted by Crippen LogP contribution is 2.30. The first-order chi connectivity index (χ1) is 18.5. The molecule has 0 saturated heterocycles. The van der Waals surface area contributed by atoms with Crippen LogP contribution in [0.15, 0.2) is 60.8 Å². The van der Waals surface area contributed by atoms with Gasteiger partial charge in [0.1, 0.15) is 24.2 Å². The third-order valence-corrected chi connectivity index (χ3v) is 8.13. The average Bonchev–Trinajstić information content (AvgIpc) is 3.45. The lowest BCUT2D eigenvalue weighted by Crippen LogP contribution is -2.47. The van der Waals surface area contributed by atoms with Gasteiger partial charge in [-0.3, -0.25) is 19.1 Å². The summed E-state index contributed by atoms with van der Waals surface area (Å²) in [6, 6.07) is 16.7. The fourth-order valence-electron chi connectivity index (χ4n) is 4.28. The Morgan fingerprint density at radius 2 is 1.74 bits per heavy atom. The molecule has 2 aromatic heterocycles. The summed E-state index contributed by atoms with van der Waals surface area (Å²) in [5.74, 6) is -2.54. The van der Waals surface area contributed by atoms with Gasteiger partial charge >= 0.3 is 0 Å². The topological polar surface area (TPSA) is 134 Å². The monoisotopic (exact) mass is 546 g/mol. The molecule has 0 aliphatic carbocycles. The van der Waals surface area contributed by atoms with Crippen molar-refractivity contribution in [2.45, 2.75) is 44.9 Å². The van der Waals surface area contributed by atoms with E-state index in [0.29, 0.717) is 18.0 Å². The molecule has 204 valence electrons. The first-order valence-corrected chi connectivity index (χ1v) is 16.5. The average molecular weight is 547 g/mol. The summed E-state index contributed by atoms with van der Waals surface area (Å²) in [6.07, 6.45) is 1.55. The fourth-order valence-corrected chi connectivity index (χ4v) is 5.04. The molecule has 3 N–H and O–H groups in total. The number of para-hydroxylation sites is 1. The number of hydrogen-bond donors (Lipinski definition) is 2. The molecule has 1 atom stereocenters. The first-order valence-electron chi connectivity index (χ1n) is 12.8. The molecule has 0 saturated carbocycles. The van der Waals surface area contributed by atoms with Crippen LogP contribution in [-0.2, 0) is 34.5 Å². The largest absolute Gasteiger partial charge is 0.363 e. The van der Waals surface area contributed by atoms with Crippen molar-refractivity contribution in [3.8, 4) is 11.4 Å². The molecule has 39 heavy (non-hydrogen) atoms. The highest BCUT2D eigenvalue weighted by atomic mass is 28.3. The van der Waals surface area contributed by atoms with E-state index in [4.69, 9.17) is 15.6 Å². The number of aromatic nitrogens is 4. The molecule has 11 heteroatoms. The van der Waals surface area contributed by atoms with Crippen molar-refractivity contribution >= 4 is 36.6 Å². The number of ketones is 1. The second-order valence-electron chi connectivity index (χ2n) is 10.7. The Bertz CT molecular complexity index is 1490. The molecule has 4 rings (SSSR count). The van der Waals surface area contributed by atoms with Gasteiger partial charge < -0.3 is 15.8 Å². The number of carbonyl (C=O) groups excluding carboxylic acids is 3. The number of fused-ring (bicyclic) bond motifs is 1. The van der Waals surface area contributed by atoms with E-state index in [2.05, 4.69) is 30.1 Å². The summed E-state index contributed by atoms with van der Waals surface area (Å²) in [4.78, 5) is 37.8. The summed E-state index contributed by atoms with van der Waals surface area (Å²) in [5.41, 5.74) is 8.20. The van der Waals surface area contributed by atoms with Crippen LogP contribution in [-0.4, -0.2) is 57.9 Å². The van der Waals surface area contributed by atoms with Gasteiger partial charge in [0.15, 0.2) is 0 Å². The quantitative estimate of drug-likeness (QED) is 0.159. The van der Waals surface area contributed by atoms with Gasteiger partial charge in [0, 0.05) is 33.5 Å². The summed E-state index contributed by atoms with van der Waals surface area (Å²) < 4.78 is 9.30. The second-order valence-corrected chi connectivity index (χ2v) is 16.3. The number of benzene rings is 2. The SMILES string of the molecule is Cn1ncc(C(=O)N[C@@H](Cc2ccccc2)C(=O)C(N)=O)c1-c1nn(COCC[Si](C)(C)C)c2ccccc12. The Hall–Kier alpha value is -4.09. The van der Waals surface area contributed by atoms with Crippen LogP contribution in [0.1, 0.15) is 15.9 Å². The van der Waals surface area contributed by atoms with Gasteiger partial charge in [-0.1, -0.05) is 68.2 Å². The molecular weight excluding hydrogens is 512 g/mol. The van der Waals surface area contributed by atoms with Crippen LogP contribution in [0, 0.1) is 0 Å². The Morgan fingerprint density at radius 1 is 1.05 bits per heavy atom. The number of ether oxygens (including phenoxy) is 1. The van der Waals surface area contributed by atoms with Crippen LogP contribution < -0.4 is 11.1 Å². The number of rotatable bonds is 12. The lowest BCUT2D eigenvalue weighted by Gasteiger charge is -2.16. The van der Waals surface area contributed by atoms with Crippen molar-refractivity contribution in [1.29, 1.82) is 0 Å². The highest BCUT2D eigenvalue weighted by molar-refractivity contribution is 6.76. The number of amides is 2. The predicted molar refractivity (Wildman–Crippen MR) is 152 cm³/mol. The van der Waals surface area contributed by atoms with Crippen LogP contribution in [0.4, 0.5) is 0 Å². The van der Waals surface area contributed by atoms with Gasteiger partial charge in [0.25, 0.3) is 11.8 Å². The normalized spacial score (nSPS) is 12.4. The Labute approximate surface area is 228 Å². The summed E-state index contributed by atoms with van der Waals surface area (Å²) in [7, 11) is 0.490. The minimum atomic E-state index is -1.23. The fraction of sp³-hybridized carbons (Fsp3) is 0.321. The molecule has 2 aromatic carbocycles. The lowest BCUT2D eigenvalue weighted by atomic mass is 10.0. The summed E-state index contributed by atoms with van der Waals surface area (Å²) in [5, 5.41) is 12.6. The maximum Gasteiger partial charge on any atom is 0.287 e. The molecule has 0 unspecified atom stereocenters. The van der Waals surface area contributed by atoms with Crippen molar-refractivity contribution in [3.63, 3.8) is 0 Å². The van der Waals surface area contributed by atoms with Crippen LogP contribution in [0.25, 0.3) is 22.3 Å². The van der Waals surface area contributed by atoms with Crippen molar-refractivity contribution in [1.82, 2.24) is 24.9 Å². The van der Waals surface area contributed by atoms with E-state index in [1.165, 1.54) is 6.20 Å². The number of Topliss-reactive ketones (excluding diaryl/α,β-unsaturated/α-hetero) is 1. The van der Waals surface area contributed by atoms with Crippen molar-refractivity contribution in [2.75, 3.05) is 6.61 Å². The maximum absolute atomic E-state index is 13.5. The van der Waals surface area contributed by atoms with Crippen LogP contribution >= 0.6 is 0 Å². The van der Waals surface area contributed by atoms with Crippen molar-refractivity contribution in [3.05, 3.63) is 71.9 Å². The molecule has 2 heterocycles. The number of hydrogen-bond acceptors (Lipinski definition) is 6. The predicted octanol–water partition coefficient (Wildman–Crippen LogP) is 3.14. The number of carbonyl (C=O) groups is 3. The summed E-state index contributed by atoms with van der Waals surface area (Å²) in [6.45, 7) is 7.82. The van der Waals surface area contributed by atoms with Crippen molar-refractivity contribution in [2.24, 2.45) is 12.8 Å². The minimum Gasteiger partial charge on any atom is -0.363 e. The number of primary amides is 1. The van der Waals surface area contributed by atoms with E-state index in [1.807, 2.05) is 54.6 Å². The molecule has 4 aromatic rings. The molecule has 0 radical (unpaired) electrons. The van der Waals surface area contributed by atoms with Crippen molar-refractivity contribution < 1.29 is 19.1 Å². The van der Waals surface area contributed by atoms with Crippen LogP contribution in [0.5, 0.6) is 0 Å². The van der Waals surface area contributed by atoms with Gasteiger partial charge in [-0.25, -0.2) is 4.68 Å². The van der Waals surface area contributed by atoms with Gasteiger partial charge in [0.2, 0.25) is 5.78 Å². The van der Waals surface area contributed by atoms with Crippen LogP contribution in [0.2, 0.25) is 25.7 Å². The van der Waals surface area contributed by atoms with Crippen LogP contribution in [0.3, 0.4) is 0 Å². The van der Waals surface area contributed by atoms with Gasteiger partial charge in [-0.05, 0) is 17.7 Å². The standard InChI is InChI=1S/C28H34N6O4Si/c1-33-25(24-20-12-8-9-13-23(20)34(32-24)18-38-14-15-39(2,3)4)21(17-30-33)28(37)31-22(26(35)27(29)36)16-19-10-6-5-7-11-19/h5-13,17,22H,14-16,18H2,1-4H3,(H2,29,36)(H,31,37)/t22-/m0/s1. The zero-order valence-electron chi connectivity index (χ0n) is 22.7. The molecule has 2 amide bonds. The van der Waals surface area contributed by atoms with E-state index < -0.39 is 31.7 Å². The molecule has 0 aliphatic heterocycles. The second kappa shape index (κ2) is 11.7. The third-order valence-electron chi connectivity index (χ3n) is 6.42. The number of nitrogens with two attached hydrogens (primary N) is 1. The third kappa shape index (κ3) is 6.68. The number of nitrogens with one attached hydrogen (secondary N) is 1. The highest BCUT2D eigenvalue weighted by Gasteiger charge is 2.29. The zero-order valence-corrected chi connectivity index (χ0v) is 23.7. The van der Waals surface area contributed by atoms with E-state index in [0.717, 1.165) is 22.5 Å². The molecule has 0 spiro atoms. The van der Waals surface area contributed by atoms with E-state index >= 15 is 0 Å². The first kappa shape index (κ1) is 27.9. The molecule has 10 nitrogen and oxygen atoms in total. The van der Waals surface area contributed by atoms with Gasteiger partial charge in [-0.2, -0.15) is 10.2 Å². The molecule has 0 aliphatic rings. The Balaban J connectivity index is 1.64. The Kier molecular flexibility index (Phi) is 8.41. The summed E-state index contributed by atoms with van der Waals surface area (Å²) >= 11 is 0. The van der Waals surface area contributed by atoms with Gasteiger partial charge in [0.05, 0.1) is 17.3 Å². The lowest BCUT2D eigenvalue weighted by molar-refractivity contribution is -0.137. The minimum absolute atomic E-state index is 0.121. The Morgan fingerprint density at radius 3 is 2.44 bits per heavy atom.